The van der Waals surface area contributed by atoms with Crippen LogP contribution in [0.15, 0.2) is 41.3 Å². The van der Waals surface area contributed by atoms with Crippen molar-refractivity contribution in [2.75, 3.05) is 6.61 Å². The van der Waals surface area contributed by atoms with E-state index in [9.17, 15) is 25.2 Å². The highest BCUT2D eigenvalue weighted by Gasteiger charge is 2.44. The molecule has 1 aliphatic carbocycles. The number of fused-ring (bicyclic) bond motifs is 1. The molecule has 34 heavy (non-hydrogen) atoms. The highest BCUT2D eigenvalue weighted by molar-refractivity contribution is 6.31. The summed E-state index contributed by atoms with van der Waals surface area (Å²) in [4.78, 5) is 13.0. The molecule has 0 bridgehead atoms. The number of rotatable bonds is 5. The van der Waals surface area contributed by atoms with Gasteiger partial charge in [0.1, 0.15) is 30.5 Å². The first-order valence-electron chi connectivity index (χ1n) is 10.9. The Hall–Kier alpha value is -2.78. The molecule has 178 valence electrons. The summed E-state index contributed by atoms with van der Waals surface area (Å²) >= 11 is 6.37. The summed E-state index contributed by atoms with van der Waals surface area (Å²) in [6.45, 7) is -0.485. The van der Waals surface area contributed by atoms with E-state index >= 15 is 0 Å². The van der Waals surface area contributed by atoms with Crippen LogP contribution in [0.3, 0.4) is 0 Å². The molecule has 7 atom stereocenters. The van der Waals surface area contributed by atoms with E-state index in [4.69, 9.17) is 21.6 Å². The monoisotopic (exact) mass is 486 g/mol. The van der Waals surface area contributed by atoms with Gasteiger partial charge in [-0.2, -0.15) is 5.26 Å². The van der Waals surface area contributed by atoms with Crippen LogP contribution in [0.4, 0.5) is 0 Å². The van der Waals surface area contributed by atoms with Gasteiger partial charge in [0.2, 0.25) is 0 Å². The van der Waals surface area contributed by atoms with Gasteiger partial charge < -0.3 is 25.2 Å². The summed E-state index contributed by atoms with van der Waals surface area (Å²) in [5.41, 5.74) is 2.02. The van der Waals surface area contributed by atoms with Gasteiger partial charge in [0.05, 0.1) is 25.1 Å². The third-order valence-electron chi connectivity index (χ3n) is 6.60. The molecular weight excluding hydrogens is 464 g/mol. The number of pyridine rings is 1. The number of benzene rings is 1. The number of halogens is 1. The van der Waals surface area contributed by atoms with Gasteiger partial charge in [-0.15, -0.1) is 5.10 Å². The van der Waals surface area contributed by atoms with Crippen LogP contribution in [0, 0.1) is 17.2 Å². The number of hydrogen-bond donors (Lipinski definition) is 4. The van der Waals surface area contributed by atoms with E-state index in [2.05, 4.69) is 11.2 Å². The van der Waals surface area contributed by atoms with Gasteiger partial charge in [0.15, 0.2) is 5.65 Å². The molecule has 3 heterocycles. The zero-order valence-corrected chi connectivity index (χ0v) is 18.7. The SMILES string of the molecule is N#CC1CC1c1ccc2nn(Cc3cc([C@@H]4O[C@H](CO)[C@@H](O)[C@H](O)[C@H]4O)ccc3Cl)c(=O)n2c1. The fraction of sp³-hybridized carbons (Fsp3) is 0.435. The lowest BCUT2D eigenvalue weighted by Crippen LogP contribution is -2.55. The van der Waals surface area contributed by atoms with Crippen molar-refractivity contribution < 1.29 is 25.2 Å². The number of aliphatic hydroxyl groups excluding tert-OH is 4. The first-order valence-corrected chi connectivity index (χ1v) is 11.3. The lowest BCUT2D eigenvalue weighted by molar-refractivity contribution is -0.231. The Balaban J connectivity index is 1.44. The Morgan fingerprint density at radius 3 is 2.62 bits per heavy atom. The second-order valence-corrected chi connectivity index (χ2v) is 9.22. The molecule has 5 rings (SSSR count). The van der Waals surface area contributed by atoms with Crippen molar-refractivity contribution in [1.82, 2.24) is 14.2 Å². The Bertz CT molecular complexity index is 1330. The smallest absolute Gasteiger partial charge is 0.350 e. The van der Waals surface area contributed by atoms with Crippen LogP contribution in [-0.4, -0.2) is 65.6 Å². The van der Waals surface area contributed by atoms with Gasteiger partial charge >= 0.3 is 5.69 Å². The molecule has 0 spiro atoms. The summed E-state index contributed by atoms with van der Waals surface area (Å²) in [6.07, 6.45) is -3.94. The zero-order chi connectivity index (χ0) is 24.1. The maximum Gasteiger partial charge on any atom is 0.350 e. The maximum absolute atomic E-state index is 13.0. The van der Waals surface area contributed by atoms with Crippen molar-refractivity contribution in [3.05, 3.63) is 68.7 Å². The van der Waals surface area contributed by atoms with E-state index in [1.165, 1.54) is 9.08 Å². The number of aromatic nitrogens is 3. The molecule has 11 heteroatoms. The Morgan fingerprint density at radius 2 is 1.91 bits per heavy atom. The molecule has 2 aromatic heterocycles. The predicted octanol–water partition coefficient (Wildman–Crippen LogP) is 0.340. The normalized spacial score (nSPS) is 30.9. The highest BCUT2D eigenvalue weighted by Crippen LogP contribution is 2.46. The molecule has 2 fully saturated rings. The average molecular weight is 487 g/mol. The average Bonchev–Trinajstić information content (AvgIpc) is 3.57. The number of nitrogens with zero attached hydrogens (tertiary/aromatic N) is 4. The van der Waals surface area contributed by atoms with Gasteiger partial charge in [0, 0.05) is 17.1 Å². The van der Waals surface area contributed by atoms with Gasteiger partial charge in [-0.25, -0.2) is 13.9 Å². The molecule has 10 nitrogen and oxygen atoms in total. The van der Waals surface area contributed by atoms with Crippen LogP contribution in [0.2, 0.25) is 5.02 Å². The fourth-order valence-electron chi connectivity index (χ4n) is 4.49. The largest absolute Gasteiger partial charge is 0.394 e. The quantitative estimate of drug-likeness (QED) is 0.402. The molecule has 2 unspecified atom stereocenters. The van der Waals surface area contributed by atoms with Crippen LogP contribution in [-0.2, 0) is 11.3 Å². The van der Waals surface area contributed by atoms with Crippen LogP contribution < -0.4 is 5.69 Å². The van der Waals surface area contributed by atoms with E-state index in [1.807, 2.05) is 6.07 Å². The molecule has 0 radical (unpaired) electrons. The molecule has 1 aromatic carbocycles. The van der Waals surface area contributed by atoms with Crippen molar-refractivity contribution in [3.8, 4) is 6.07 Å². The standard InChI is InChI=1S/C23H23ClN4O6/c24-16-3-1-11(22-21(32)20(31)19(30)17(10-29)34-22)5-14(16)9-28-23(33)27-8-12(2-4-18(27)26-28)15-6-13(15)7-25/h1-5,8,13,15,17,19-22,29-32H,6,9-10H2/t13?,15?,17-,19-,20+,21-,22+/m1/s1. The van der Waals surface area contributed by atoms with Crippen LogP contribution in [0.25, 0.3) is 5.65 Å². The molecule has 3 aromatic rings. The molecular formula is C23H23ClN4O6. The molecule has 4 N–H and O–H groups in total. The van der Waals surface area contributed by atoms with E-state index in [1.54, 1.807) is 30.5 Å². The second kappa shape index (κ2) is 8.78. The zero-order valence-electron chi connectivity index (χ0n) is 17.9. The minimum atomic E-state index is -1.50. The van der Waals surface area contributed by atoms with Crippen molar-refractivity contribution in [2.24, 2.45) is 5.92 Å². The lowest BCUT2D eigenvalue weighted by atomic mass is 9.90. The predicted molar refractivity (Wildman–Crippen MR) is 119 cm³/mol. The van der Waals surface area contributed by atoms with Gasteiger partial charge in [-0.1, -0.05) is 23.7 Å². The van der Waals surface area contributed by atoms with Gasteiger partial charge in [-0.3, -0.25) is 0 Å². The minimum absolute atomic E-state index is 0.0211. The van der Waals surface area contributed by atoms with Crippen LogP contribution >= 0.6 is 11.6 Å². The van der Waals surface area contributed by atoms with Crippen molar-refractivity contribution in [1.29, 1.82) is 5.26 Å². The van der Waals surface area contributed by atoms with Crippen molar-refractivity contribution >= 4 is 17.2 Å². The number of hydrogen-bond acceptors (Lipinski definition) is 8. The Kier molecular flexibility index (Phi) is 5.93. The highest BCUT2D eigenvalue weighted by atomic mass is 35.5. The number of nitriles is 1. The second-order valence-electron chi connectivity index (χ2n) is 8.81. The third kappa shape index (κ3) is 3.90. The van der Waals surface area contributed by atoms with E-state index in [-0.39, 0.29) is 24.1 Å². The van der Waals surface area contributed by atoms with E-state index in [0.717, 1.165) is 12.0 Å². The van der Waals surface area contributed by atoms with E-state index < -0.39 is 37.1 Å². The first-order chi connectivity index (χ1) is 16.3. The molecule has 1 saturated carbocycles. The lowest BCUT2D eigenvalue weighted by Gasteiger charge is -2.40. The summed E-state index contributed by atoms with van der Waals surface area (Å²) in [7, 11) is 0. The summed E-state index contributed by atoms with van der Waals surface area (Å²) in [5.74, 6) is 0.112. The molecule has 1 aliphatic heterocycles. The van der Waals surface area contributed by atoms with Gasteiger partial charge in [-0.05, 0) is 41.3 Å². The Morgan fingerprint density at radius 1 is 1.15 bits per heavy atom. The first kappa shape index (κ1) is 23.0. The topological polar surface area (TPSA) is 153 Å². The molecule has 1 saturated heterocycles. The summed E-state index contributed by atoms with van der Waals surface area (Å²) in [5, 5.41) is 53.8. The van der Waals surface area contributed by atoms with Crippen molar-refractivity contribution in [2.45, 2.75) is 49.4 Å². The van der Waals surface area contributed by atoms with E-state index in [0.29, 0.717) is 21.8 Å². The van der Waals surface area contributed by atoms with Crippen LogP contribution in [0.5, 0.6) is 0 Å². The molecule has 0 amide bonds. The van der Waals surface area contributed by atoms with Crippen LogP contribution in [0.1, 0.15) is 35.1 Å². The minimum Gasteiger partial charge on any atom is -0.394 e. The number of aliphatic hydroxyl groups is 4. The summed E-state index contributed by atoms with van der Waals surface area (Å²) in [6, 6.07) is 10.7. The van der Waals surface area contributed by atoms with Gasteiger partial charge in [0.25, 0.3) is 0 Å². The maximum atomic E-state index is 13.0. The Labute approximate surface area is 198 Å². The van der Waals surface area contributed by atoms with Crippen molar-refractivity contribution in [3.63, 3.8) is 0 Å². The third-order valence-corrected chi connectivity index (χ3v) is 6.96. The fourth-order valence-corrected chi connectivity index (χ4v) is 4.67. The molecule has 2 aliphatic rings. The summed E-state index contributed by atoms with van der Waals surface area (Å²) < 4.78 is 8.34. The number of ether oxygens (including phenoxy) is 1.